The molecular formula is C8H11F5. The molecule has 0 aromatic carbocycles. The van der Waals surface area contributed by atoms with Crippen LogP contribution in [0.15, 0.2) is 0 Å². The fourth-order valence-electron chi connectivity index (χ4n) is 1.56. The summed E-state index contributed by atoms with van der Waals surface area (Å²) in [4.78, 5) is 0. The lowest BCUT2D eigenvalue weighted by atomic mass is 9.99. The molecule has 0 amide bonds. The zero-order valence-corrected chi connectivity index (χ0v) is 7.38. The van der Waals surface area contributed by atoms with Crippen molar-refractivity contribution < 1.29 is 22.0 Å². The van der Waals surface area contributed by atoms with E-state index in [9.17, 15) is 22.0 Å². The lowest BCUT2D eigenvalue weighted by molar-refractivity contribution is -0.294. The highest BCUT2D eigenvalue weighted by molar-refractivity contribution is 5.07. The first-order valence-electron chi connectivity index (χ1n) is 4.09. The van der Waals surface area contributed by atoms with Crippen molar-refractivity contribution >= 4 is 0 Å². The van der Waals surface area contributed by atoms with Crippen LogP contribution in [-0.2, 0) is 0 Å². The van der Waals surface area contributed by atoms with E-state index in [1.807, 2.05) is 0 Å². The molecule has 0 aromatic heterocycles. The van der Waals surface area contributed by atoms with E-state index in [-0.39, 0.29) is 6.42 Å². The highest BCUT2D eigenvalue weighted by atomic mass is 19.4. The van der Waals surface area contributed by atoms with Gasteiger partial charge in [0.15, 0.2) is 0 Å². The Kier molecular flexibility index (Phi) is 2.13. The van der Waals surface area contributed by atoms with Gasteiger partial charge in [-0.3, -0.25) is 0 Å². The molecule has 1 saturated carbocycles. The summed E-state index contributed by atoms with van der Waals surface area (Å²) in [6, 6.07) is 0. The third-order valence-corrected chi connectivity index (χ3v) is 2.97. The Bertz CT molecular complexity index is 207. The molecule has 1 aliphatic rings. The van der Waals surface area contributed by atoms with Crippen LogP contribution in [-0.4, -0.2) is 12.1 Å². The summed E-state index contributed by atoms with van der Waals surface area (Å²) in [5.41, 5.74) is -0.820. The van der Waals surface area contributed by atoms with Crippen LogP contribution in [0, 0.1) is 11.3 Å². The van der Waals surface area contributed by atoms with E-state index in [2.05, 4.69) is 0 Å². The molecule has 2 unspecified atom stereocenters. The van der Waals surface area contributed by atoms with E-state index in [1.54, 1.807) is 6.92 Å². The van der Waals surface area contributed by atoms with Crippen LogP contribution in [0.2, 0.25) is 0 Å². The summed E-state index contributed by atoms with van der Waals surface area (Å²) in [7, 11) is 0. The van der Waals surface area contributed by atoms with Crippen molar-refractivity contribution in [1.82, 2.24) is 0 Å². The van der Waals surface area contributed by atoms with E-state index in [4.69, 9.17) is 0 Å². The number of halogens is 5. The minimum absolute atomic E-state index is 0.0317. The average molecular weight is 202 g/mol. The second kappa shape index (κ2) is 2.58. The van der Waals surface area contributed by atoms with E-state index in [1.165, 1.54) is 6.92 Å². The molecule has 0 nitrogen and oxygen atoms in total. The Balaban J connectivity index is 2.75. The maximum Gasteiger partial charge on any atom is 0.453 e. The molecule has 2 atom stereocenters. The van der Waals surface area contributed by atoms with Gasteiger partial charge in [0, 0.05) is 5.92 Å². The average Bonchev–Trinajstić information content (AvgIpc) is 2.62. The fourth-order valence-corrected chi connectivity index (χ4v) is 1.56. The highest BCUT2D eigenvalue weighted by Gasteiger charge is 2.72. The van der Waals surface area contributed by atoms with E-state index >= 15 is 0 Å². The summed E-state index contributed by atoms with van der Waals surface area (Å²) >= 11 is 0. The summed E-state index contributed by atoms with van der Waals surface area (Å²) < 4.78 is 60.9. The fraction of sp³-hybridized carbons (Fsp3) is 1.00. The number of rotatable bonds is 2. The normalized spacial score (nSPS) is 34.8. The molecule has 78 valence electrons. The first-order chi connectivity index (χ1) is 5.65. The largest absolute Gasteiger partial charge is 0.453 e. The Morgan fingerprint density at radius 1 is 1.23 bits per heavy atom. The Morgan fingerprint density at radius 3 is 1.92 bits per heavy atom. The monoisotopic (exact) mass is 202 g/mol. The maximum absolute atomic E-state index is 12.7. The van der Waals surface area contributed by atoms with Crippen LogP contribution in [0.25, 0.3) is 0 Å². The molecule has 13 heavy (non-hydrogen) atoms. The molecule has 0 saturated heterocycles. The van der Waals surface area contributed by atoms with Gasteiger partial charge in [-0.15, -0.1) is 0 Å². The molecule has 1 aliphatic carbocycles. The van der Waals surface area contributed by atoms with Crippen LogP contribution in [0.3, 0.4) is 0 Å². The molecule has 0 bridgehead atoms. The predicted octanol–water partition coefficient (Wildman–Crippen LogP) is 3.62. The van der Waals surface area contributed by atoms with Gasteiger partial charge in [0.1, 0.15) is 0 Å². The first kappa shape index (κ1) is 10.7. The van der Waals surface area contributed by atoms with Crippen molar-refractivity contribution in [2.24, 2.45) is 11.3 Å². The Morgan fingerprint density at radius 2 is 1.69 bits per heavy atom. The van der Waals surface area contributed by atoms with E-state index in [0.29, 0.717) is 6.42 Å². The van der Waals surface area contributed by atoms with E-state index in [0.717, 1.165) is 0 Å². The van der Waals surface area contributed by atoms with Gasteiger partial charge >= 0.3 is 12.1 Å². The van der Waals surface area contributed by atoms with Crippen molar-refractivity contribution in [3.63, 3.8) is 0 Å². The van der Waals surface area contributed by atoms with Crippen LogP contribution in [0.4, 0.5) is 22.0 Å². The highest BCUT2D eigenvalue weighted by Crippen LogP contribution is 2.64. The Labute approximate surface area is 73.1 Å². The summed E-state index contributed by atoms with van der Waals surface area (Å²) in [6.07, 6.45) is -5.07. The van der Waals surface area contributed by atoms with Crippen LogP contribution in [0.5, 0.6) is 0 Å². The van der Waals surface area contributed by atoms with Crippen LogP contribution in [0.1, 0.15) is 26.7 Å². The second-order valence-corrected chi connectivity index (χ2v) is 3.89. The van der Waals surface area contributed by atoms with Crippen LogP contribution >= 0.6 is 0 Å². The van der Waals surface area contributed by atoms with Gasteiger partial charge in [0.25, 0.3) is 0 Å². The Hall–Kier alpha value is -0.350. The second-order valence-electron chi connectivity index (χ2n) is 3.89. The van der Waals surface area contributed by atoms with Crippen molar-refractivity contribution in [2.45, 2.75) is 38.8 Å². The first-order valence-corrected chi connectivity index (χ1v) is 4.09. The minimum atomic E-state index is -5.40. The molecule has 0 heterocycles. The van der Waals surface area contributed by atoms with Crippen LogP contribution < -0.4 is 0 Å². The topological polar surface area (TPSA) is 0 Å². The van der Waals surface area contributed by atoms with Gasteiger partial charge in [0.05, 0.1) is 0 Å². The molecule has 0 spiro atoms. The van der Waals surface area contributed by atoms with Crippen molar-refractivity contribution in [2.75, 3.05) is 0 Å². The number of alkyl halides is 5. The predicted molar refractivity (Wildman–Crippen MR) is 37.5 cm³/mol. The standard InChI is InChI=1S/C8H11F5/c1-3-6(2)4-5(6)7(9,10)8(11,12)13/h5H,3-4H2,1-2H3. The zero-order valence-electron chi connectivity index (χ0n) is 7.38. The molecule has 0 N–H and O–H groups in total. The van der Waals surface area contributed by atoms with Crippen molar-refractivity contribution in [3.05, 3.63) is 0 Å². The summed E-state index contributed by atoms with van der Waals surface area (Å²) in [5, 5.41) is 0. The van der Waals surface area contributed by atoms with Gasteiger partial charge in [-0.2, -0.15) is 22.0 Å². The van der Waals surface area contributed by atoms with Gasteiger partial charge in [0.2, 0.25) is 0 Å². The molecule has 0 radical (unpaired) electrons. The SMILES string of the molecule is CCC1(C)CC1C(F)(F)C(F)(F)F. The van der Waals surface area contributed by atoms with Gasteiger partial charge in [-0.25, -0.2) is 0 Å². The van der Waals surface area contributed by atoms with Gasteiger partial charge < -0.3 is 0 Å². The van der Waals surface area contributed by atoms with Crippen molar-refractivity contribution in [3.8, 4) is 0 Å². The molecule has 5 heteroatoms. The molecule has 1 rings (SSSR count). The third-order valence-electron chi connectivity index (χ3n) is 2.97. The molecule has 0 aromatic rings. The number of hydrogen-bond acceptors (Lipinski definition) is 0. The maximum atomic E-state index is 12.7. The zero-order chi connectivity index (χ0) is 10.5. The smallest absolute Gasteiger partial charge is 0.196 e. The third kappa shape index (κ3) is 1.53. The van der Waals surface area contributed by atoms with Gasteiger partial charge in [-0.1, -0.05) is 20.3 Å². The number of hydrogen-bond donors (Lipinski definition) is 0. The molecule has 1 fully saturated rings. The lowest BCUT2D eigenvalue weighted by Crippen LogP contribution is -2.40. The van der Waals surface area contributed by atoms with Gasteiger partial charge in [-0.05, 0) is 11.8 Å². The molecular weight excluding hydrogens is 191 g/mol. The summed E-state index contributed by atoms with van der Waals surface area (Å²) in [5.74, 6) is -6.04. The quantitative estimate of drug-likeness (QED) is 0.600. The lowest BCUT2D eigenvalue weighted by Gasteiger charge is -2.21. The summed E-state index contributed by atoms with van der Waals surface area (Å²) in [6.45, 7) is 3.10. The van der Waals surface area contributed by atoms with Crippen molar-refractivity contribution in [1.29, 1.82) is 0 Å². The van der Waals surface area contributed by atoms with E-state index < -0.39 is 23.4 Å². The molecule has 0 aliphatic heterocycles. The minimum Gasteiger partial charge on any atom is -0.196 e.